The lowest BCUT2D eigenvalue weighted by Gasteiger charge is -2.16. The molecule has 0 fully saturated rings. The van der Waals surface area contributed by atoms with Gasteiger partial charge in [0.15, 0.2) is 15.8 Å². The van der Waals surface area contributed by atoms with E-state index in [1.165, 1.54) is 6.07 Å². The van der Waals surface area contributed by atoms with Crippen molar-refractivity contribution in [3.8, 4) is 0 Å². The Kier molecular flexibility index (Phi) is 4.94. The van der Waals surface area contributed by atoms with Crippen molar-refractivity contribution in [3.05, 3.63) is 28.2 Å². The summed E-state index contributed by atoms with van der Waals surface area (Å²) in [5.74, 6) is -6.96. The minimum Gasteiger partial charge on any atom is -0.481 e. The predicted octanol–water partition coefficient (Wildman–Crippen LogP) is 3.03. The zero-order valence-electron chi connectivity index (χ0n) is 9.49. The van der Waals surface area contributed by atoms with Crippen LogP contribution < -0.4 is 0 Å². The smallest absolute Gasteiger partial charge is 0.403 e. The molecule has 112 valence electrons. The summed E-state index contributed by atoms with van der Waals surface area (Å²) in [6.07, 6.45) is -5.19. The van der Waals surface area contributed by atoms with Crippen LogP contribution in [0, 0.1) is 5.92 Å². The molecule has 0 aliphatic carbocycles. The second-order valence-electron chi connectivity index (χ2n) is 3.79. The van der Waals surface area contributed by atoms with Gasteiger partial charge in [0.2, 0.25) is 0 Å². The summed E-state index contributed by atoms with van der Waals surface area (Å²) in [6, 6.07) is 3.22. The van der Waals surface area contributed by atoms with Gasteiger partial charge in [-0.2, -0.15) is 13.2 Å². The van der Waals surface area contributed by atoms with E-state index in [9.17, 15) is 26.4 Å². The Bertz CT molecular complexity index is 628. The summed E-state index contributed by atoms with van der Waals surface area (Å²) < 4.78 is 61.2. The zero-order chi connectivity index (χ0) is 15.7. The number of carbonyl (C=O) groups is 1. The number of halogens is 5. The maximum atomic E-state index is 12.5. The van der Waals surface area contributed by atoms with E-state index in [1.54, 1.807) is 0 Å². The largest absolute Gasteiger partial charge is 0.481 e. The van der Waals surface area contributed by atoms with Gasteiger partial charge in [0.05, 0.1) is 15.7 Å². The Balaban J connectivity index is 3.24. The molecule has 0 saturated carbocycles. The molecule has 0 spiro atoms. The molecule has 0 radical (unpaired) electrons. The molecule has 1 aromatic carbocycles. The number of aliphatic carboxylic acids is 1. The highest BCUT2D eigenvalue weighted by Gasteiger charge is 2.48. The van der Waals surface area contributed by atoms with Gasteiger partial charge in [-0.05, 0) is 18.2 Å². The van der Waals surface area contributed by atoms with Crippen molar-refractivity contribution in [1.82, 2.24) is 0 Å². The fourth-order valence-corrected chi connectivity index (χ4v) is 3.66. The minimum absolute atomic E-state index is 0.0492. The predicted molar refractivity (Wildman–Crippen MR) is 65.7 cm³/mol. The molecular formula is C10H7Cl2F3O4S. The topological polar surface area (TPSA) is 71.4 Å². The summed E-state index contributed by atoms with van der Waals surface area (Å²) in [5.41, 5.74) is 0. The van der Waals surface area contributed by atoms with E-state index in [2.05, 4.69) is 0 Å². The van der Waals surface area contributed by atoms with Crippen LogP contribution in [0.3, 0.4) is 0 Å². The van der Waals surface area contributed by atoms with Crippen molar-refractivity contribution < 1.29 is 31.5 Å². The van der Waals surface area contributed by atoms with Gasteiger partial charge in [0.1, 0.15) is 0 Å². The molecule has 1 aromatic rings. The third-order valence-electron chi connectivity index (χ3n) is 2.31. The van der Waals surface area contributed by atoms with Crippen molar-refractivity contribution in [2.24, 2.45) is 5.92 Å². The lowest BCUT2D eigenvalue weighted by molar-refractivity contribution is -0.189. The van der Waals surface area contributed by atoms with E-state index in [1.807, 2.05) is 0 Å². The molecule has 1 unspecified atom stereocenters. The van der Waals surface area contributed by atoms with Gasteiger partial charge in [-0.15, -0.1) is 0 Å². The summed E-state index contributed by atoms with van der Waals surface area (Å²) in [6.45, 7) is 0. The van der Waals surface area contributed by atoms with Gasteiger partial charge >= 0.3 is 12.1 Å². The van der Waals surface area contributed by atoms with Crippen molar-refractivity contribution in [1.29, 1.82) is 0 Å². The molecule has 1 atom stereocenters. The highest BCUT2D eigenvalue weighted by Crippen LogP contribution is 2.32. The molecule has 1 N–H and O–H groups in total. The summed E-state index contributed by atoms with van der Waals surface area (Å²) in [4.78, 5) is 9.93. The van der Waals surface area contributed by atoms with Crippen LogP contribution in [0.25, 0.3) is 0 Å². The minimum atomic E-state index is -5.19. The molecule has 0 aliphatic heterocycles. The monoisotopic (exact) mass is 350 g/mol. The zero-order valence-corrected chi connectivity index (χ0v) is 11.8. The number of sulfone groups is 1. The summed E-state index contributed by atoms with van der Waals surface area (Å²) in [7, 11) is -4.56. The van der Waals surface area contributed by atoms with Gasteiger partial charge in [-0.1, -0.05) is 23.2 Å². The van der Waals surface area contributed by atoms with E-state index in [-0.39, 0.29) is 10.0 Å². The molecule has 4 nitrogen and oxygen atoms in total. The van der Waals surface area contributed by atoms with Crippen LogP contribution in [0.15, 0.2) is 23.1 Å². The molecule has 0 bridgehead atoms. The number of hydrogen-bond donors (Lipinski definition) is 1. The van der Waals surface area contributed by atoms with Crippen molar-refractivity contribution in [2.75, 3.05) is 5.75 Å². The fourth-order valence-electron chi connectivity index (χ4n) is 1.33. The van der Waals surface area contributed by atoms with Gasteiger partial charge in [-0.3, -0.25) is 4.79 Å². The number of rotatable bonds is 4. The molecule has 0 saturated heterocycles. The highest BCUT2D eigenvalue weighted by atomic mass is 35.5. The SMILES string of the molecule is O=C(O)C(CS(=O)(=O)c1cc(Cl)ccc1Cl)C(F)(F)F. The lowest BCUT2D eigenvalue weighted by atomic mass is 10.2. The molecule has 0 aromatic heterocycles. The molecular weight excluding hydrogens is 344 g/mol. The van der Waals surface area contributed by atoms with Crippen LogP contribution in [-0.2, 0) is 14.6 Å². The highest BCUT2D eigenvalue weighted by molar-refractivity contribution is 7.91. The molecule has 0 aliphatic rings. The Labute approximate surface area is 122 Å². The molecule has 20 heavy (non-hydrogen) atoms. The van der Waals surface area contributed by atoms with Crippen molar-refractivity contribution in [2.45, 2.75) is 11.1 Å². The van der Waals surface area contributed by atoms with Gasteiger partial charge in [0, 0.05) is 5.02 Å². The van der Waals surface area contributed by atoms with Crippen LogP contribution in [-0.4, -0.2) is 31.4 Å². The van der Waals surface area contributed by atoms with E-state index in [0.29, 0.717) is 0 Å². The quantitative estimate of drug-likeness (QED) is 0.905. The van der Waals surface area contributed by atoms with Gasteiger partial charge < -0.3 is 5.11 Å². The number of benzene rings is 1. The standard InChI is InChI=1S/C10H7Cl2F3O4S/c11-5-1-2-7(12)8(3-5)20(18,19)4-6(9(16)17)10(13,14)15/h1-3,6H,4H2,(H,16,17). The van der Waals surface area contributed by atoms with Crippen LogP contribution in [0.1, 0.15) is 0 Å². The van der Waals surface area contributed by atoms with Crippen molar-refractivity contribution in [3.63, 3.8) is 0 Å². The first-order chi connectivity index (χ1) is 8.95. The summed E-state index contributed by atoms with van der Waals surface area (Å²) >= 11 is 11.1. The van der Waals surface area contributed by atoms with E-state index in [4.69, 9.17) is 28.3 Å². The Morgan fingerprint density at radius 2 is 1.85 bits per heavy atom. The second kappa shape index (κ2) is 5.79. The Morgan fingerprint density at radius 1 is 1.30 bits per heavy atom. The molecule has 10 heteroatoms. The lowest BCUT2D eigenvalue weighted by Crippen LogP contribution is -2.36. The fraction of sp³-hybridized carbons (Fsp3) is 0.300. The maximum Gasteiger partial charge on any atom is 0.403 e. The van der Waals surface area contributed by atoms with E-state index < -0.39 is 38.5 Å². The van der Waals surface area contributed by atoms with E-state index >= 15 is 0 Å². The third kappa shape index (κ3) is 4.00. The van der Waals surface area contributed by atoms with Crippen LogP contribution >= 0.6 is 23.2 Å². The first-order valence-corrected chi connectivity index (χ1v) is 7.33. The molecule has 0 amide bonds. The first kappa shape index (κ1) is 17.1. The Hall–Kier alpha value is -0.990. The third-order valence-corrected chi connectivity index (χ3v) is 4.76. The first-order valence-electron chi connectivity index (χ1n) is 4.92. The average molecular weight is 351 g/mol. The van der Waals surface area contributed by atoms with Gasteiger partial charge in [-0.25, -0.2) is 8.42 Å². The van der Waals surface area contributed by atoms with Crippen LogP contribution in [0.4, 0.5) is 13.2 Å². The van der Waals surface area contributed by atoms with Crippen LogP contribution in [0.2, 0.25) is 10.0 Å². The number of carboxylic acids is 1. The maximum absolute atomic E-state index is 12.5. The summed E-state index contributed by atoms with van der Waals surface area (Å²) in [5, 5.41) is 8.12. The molecule has 1 rings (SSSR count). The number of carboxylic acid groups (broad SMARTS) is 1. The molecule has 0 heterocycles. The average Bonchev–Trinajstić information content (AvgIpc) is 2.27. The normalized spacial score (nSPS) is 14.1. The number of alkyl halides is 3. The number of hydrogen-bond acceptors (Lipinski definition) is 3. The van der Waals surface area contributed by atoms with Gasteiger partial charge in [0.25, 0.3) is 0 Å². The van der Waals surface area contributed by atoms with E-state index in [0.717, 1.165) is 12.1 Å². The Morgan fingerprint density at radius 3 is 2.30 bits per heavy atom. The van der Waals surface area contributed by atoms with Crippen LogP contribution in [0.5, 0.6) is 0 Å². The van der Waals surface area contributed by atoms with Crippen molar-refractivity contribution >= 4 is 39.0 Å². The second-order valence-corrected chi connectivity index (χ2v) is 6.63.